The Morgan fingerprint density at radius 2 is 1.93 bits per heavy atom. The van der Waals surface area contributed by atoms with Crippen LogP contribution in [0.1, 0.15) is 11.7 Å². The summed E-state index contributed by atoms with van der Waals surface area (Å²) < 4.78 is 13.1. The Hall–Kier alpha value is -1.66. The molecule has 2 unspecified atom stereocenters. The van der Waals surface area contributed by atoms with E-state index >= 15 is 0 Å². The molecule has 0 aliphatic carbocycles. The van der Waals surface area contributed by atoms with Crippen molar-refractivity contribution >= 4 is 5.97 Å². The van der Waals surface area contributed by atoms with Crippen LogP contribution in [0.25, 0.3) is 0 Å². The van der Waals surface area contributed by atoms with E-state index in [0.717, 1.165) is 12.1 Å². The highest BCUT2D eigenvalue weighted by molar-refractivity contribution is 5.73. The summed E-state index contributed by atoms with van der Waals surface area (Å²) in [5, 5.41) is 35.8. The summed E-state index contributed by atoms with van der Waals surface area (Å²) in [5.41, 5.74) is -0.632. The Morgan fingerprint density at radius 1 is 1.33 bits per heavy atom. The Bertz CT molecular complexity index is 359. The number of aliphatic carboxylic acids is 1. The van der Waals surface area contributed by atoms with Crippen molar-refractivity contribution in [3.8, 4) is 5.75 Å². The first-order valence-corrected chi connectivity index (χ1v) is 4.01. The Balaban J connectivity index is 3.10. The van der Waals surface area contributed by atoms with Gasteiger partial charge in [0.1, 0.15) is 17.7 Å². The van der Waals surface area contributed by atoms with Crippen molar-refractivity contribution < 1.29 is 29.6 Å². The molecule has 0 aliphatic heterocycles. The molecule has 0 amide bonds. The van der Waals surface area contributed by atoms with E-state index in [-0.39, 0.29) is 0 Å². The van der Waals surface area contributed by atoms with Crippen LogP contribution in [0.5, 0.6) is 5.75 Å². The van der Waals surface area contributed by atoms with Gasteiger partial charge in [0.05, 0.1) is 5.56 Å². The third kappa shape index (κ3) is 2.23. The van der Waals surface area contributed by atoms with E-state index in [9.17, 15) is 19.4 Å². The van der Waals surface area contributed by atoms with Gasteiger partial charge >= 0.3 is 5.97 Å². The molecule has 1 aromatic carbocycles. The topological polar surface area (TPSA) is 98.0 Å². The van der Waals surface area contributed by atoms with Gasteiger partial charge in [-0.15, -0.1) is 0 Å². The van der Waals surface area contributed by atoms with E-state index in [1.807, 2.05) is 0 Å². The number of phenolic OH excluding ortho intramolecular Hbond substituents is 1. The summed E-state index contributed by atoms with van der Waals surface area (Å²) >= 11 is 0. The average molecular weight is 216 g/mol. The minimum absolute atomic E-state index is 0.609. The second kappa shape index (κ2) is 4.24. The van der Waals surface area contributed by atoms with E-state index in [1.165, 1.54) is 6.07 Å². The van der Waals surface area contributed by atoms with Gasteiger partial charge in [-0.05, 0) is 12.1 Å². The molecule has 0 saturated heterocycles. The zero-order valence-electron chi connectivity index (χ0n) is 7.46. The fraction of sp³-hybridized carbons (Fsp3) is 0.222. The van der Waals surface area contributed by atoms with Gasteiger partial charge in [0.15, 0.2) is 6.10 Å². The van der Waals surface area contributed by atoms with Crippen molar-refractivity contribution in [3.05, 3.63) is 29.6 Å². The number of benzene rings is 1. The molecule has 0 aromatic heterocycles. The molecule has 0 bridgehead atoms. The number of carbonyl (C=O) groups is 1. The van der Waals surface area contributed by atoms with Crippen molar-refractivity contribution in [3.63, 3.8) is 0 Å². The molecule has 1 rings (SSSR count). The zero-order valence-corrected chi connectivity index (χ0v) is 7.46. The highest BCUT2D eigenvalue weighted by Crippen LogP contribution is 2.28. The van der Waals surface area contributed by atoms with E-state index in [0.29, 0.717) is 0 Å². The minimum Gasteiger partial charge on any atom is -0.507 e. The van der Waals surface area contributed by atoms with Crippen LogP contribution in [0, 0.1) is 5.82 Å². The summed E-state index contributed by atoms with van der Waals surface area (Å²) in [5.74, 6) is -3.30. The number of phenols is 1. The lowest BCUT2D eigenvalue weighted by atomic mass is 10.0. The number of hydrogen-bond donors (Lipinski definition) is 4. The van der Waals surface area contributed by atoms with Gasteiger partial charge < -0.3 is 20.4 Å². The number of aliphatic hydroxyl groups excluding tert-OH is 2. The fourth-order valence-corrected chi connectivity index (χ4v) is 1.11. The maximum atomic E-state index is 13.1. The molecule has 2 atom stereocenters. The van der Waals surface area contributed by atoms with Crippen LogP contribution in [0.4, 0.5) is 4.39 Å². The SMILES string of the molecule is O=C(O)C(O)C(O)c1c(O)cccc1F. The van der Waals surface area contributed by atoms with Crippen LogP contribution >= 0.6 is 0 Å². The number of aliphatic hydroxyl groups is 2. The maximum absolute atomic E-state index is 13.1. The third-order valence-corrected chi connectivity index (χ3v) is 1.88. The summed E-state index contributed by atoms with van der Waals surface area (Å²) in [6.45, 7) is 0. The second-order valence-electron chi connectivity index (χ2n) is 2.90. The van der Waals surface area contributed by atoms with Crippen LogP contribution in [0.15, 0.2) is 18.2 Å². The highest BCUT2D eigenvalue weighted by Gasteiger charge is 2.29. The van der Waals surface area contributed by atoms with Crippen LogP contribution in [0.2, 0.25) is 0 Å². The molecule has 6 heteroatoms. The predicted octanol–water partition coefficient (Wildman–Crippen LogP) is 0.0102. The molecule has 1 aromatic rings. The third-order valence-electron chi connectivity index (χ3n) is 1.88. The highest BCUT2D eigenvalue weighted by atomic mass is 19.1. The van der Waals surface area contributed by atoms with E-state index < -0.39 is 35.3 Å². The Labute approximate surface area is 84.0 Å². The first-order chi connectivity index (χ1) is 6.95. The van der Waals surface area contributed by atoms with Gasteiger partial charge in [-0.3, -0.25) is 0 Å². The molecule has 15 heavy (non-hydrogen) atoms. The molecule has 5 nitrogen and oxygen atoms in total. The molecule has 0 spiro atoms. The van der Waals surface area contributed by atoms with Crippen LogP contribution < -0.4 is 0 Å². The fourth-order valence-electron chi connectivity index (χ4n) is 1.11. The van der Waals surface area contributed by atoms with Crippen molar-refractivity contribution in [1.82, 2.24) is 0 Å². The van der Waals surface area contributed by atoms with E-state index in [4.69, 9.17) is 10.2 Å². The summed E-state index contributed by atoms with van der Waals surface area (Å²) in [6.07, 6.45) is -4.20. The minimum atomic E-state index is -2.19. The predicted molar refractivity (Wildman–Crippen MR) is 46.7 cm³/mol. The first-order valence-electron chi connectivity index (χ1n) is 4.01. The van der Waals surface area contributed by atoms with Crippen molar-refractivity contribution in [2.24, 2.45) is 0 Å². The lowest BCUT2D eigenvalue weighted by molar-refractivity contribution is -0.153. The van der Waals surface area contributed by atoms with E-state index in [2.05, 4.69) is 0 Å². The van der Waals surface area contributed by atoms with Crippen LogP contribution in [-0.2, 0) is 4.79 Å². The molecule has 4 N–H and O–H groups in total. The van der Waals surface area contributed by atoms with Gasteiger partial charge in [0.25, 0.3) is 0 Å². The lowest BCUT2D eigenvalue weighted by Crippen LogP contribution is -2.28. The number of hydrogen-bond acceptors (Lipinski definition) is 4. The average Bonchev–Trinajstić information content (AvgIpc) is 2.15. The summed E-state index contributed by atoms with van der Waals surface area (Å²) in [7, 11) is 0. The zero-order chi connectivity index (χ0) is 11.6. The number of carboxylic acids is 1. The summed E-state index contributed by atoms with van der Waals surface area (Å²) in [4.78, 5) is 10.3. The van der Waals surface area contributed by atoms with Gasteiger partial charge in [-0.1, -0.05) is 6.07 Å². The molecule has 0 fully saturated rings. The molecule has 0 saturated carbocycles. The normalized spacial score (nSPS) is 14.6. The smallest absolute Gasteiger partial charge is 0.335 e. The quantitative estimate of drug-likeness (QED) is 0.570. The van der Waals surface area contributed by atoms with Gasteiger partial charge in [-0.25, -0.2) is 9.18 Å². The number of aromatic hydroxyl groups is 1. The second-order valence-corrected chi connectivity index (χ2v) is 2.90. The van der Waals surface area contributed by atoms with Crippen molar-refractivity contribution in [2.75, 3.05) is 0 Å². The lowest BCUT2D eigenvalue weighted by Gasteiger charge is -2.15. The number of halogens is 1. The maximum Gasteiger partial charge on any atom is 0.335 e. The molecule has 82 valence electrons. The van der Waals surface area contributed by atoms with Crippen LogP contribution in [-0.4, -0.2) is 32.5 Å². The largest absolute Gasteiger partial charge is 0.507 e. The Kier molecular flexibility index (Phi) is 3.23. The number of rotatable bonds is 3. The first kappa shape index (κ1) is 11.4. The van der Waals surface area contributed by atoms with Crippen molar-refractivity contribution in [1.29, 1.82) is 0 Å². The van der Waals surface area contributed by atoms with Crippen molar-refractivity contribution in [2.45, 2.75) is 12.2 Å². The molecule has 0 heterocycles. The standard InChI is InChI=1S/C9H9FO5/c10-4-2-1-3-5(11)6(4)7(12)8(13)9(14)15/h1-3,7-8,11-13H,(H,14,15). The van der Waals surface area contributed by atoms with E-state index in [1.54, 1.807) is 0 Å². The van der Waals surface area contributed by atoms with Gasteiger partial charge in [-0.2, -0.15) is 0 Å². The molecular weight excluding hydrogens is 207 g/mol. The molecular formula is C9H9FO5. The van der Waals surface area contributed by atoms with Gasteiger partial charge in [0, 0.05) is 0 Å². The molecule has 0 aliphatic rings. The summed E-state index contributed by atoms with van der Waals surface area (Å²) in [6, 6.07) is 3.21. The van der Waals surface area contributed by atoms with Gasteiger partial charge in [0.2, 0.25) is 0 Å². The van der Waals surface area contributed by atoms with Crippen LogP contribution in [0.3, 0.4) is 0 Å². The molecule has 0 radical (unpaired) electrons. The number of carboxylic acid groups (broad SMARTS) is 1. The monoisotopic (exact) mass is 216 g/mol. The Morgan fingerprint density at radius 3 is 2.40 bits per heavy atom.